The van der Waals surface area contributed by atoms with Crippen LogP contribution >= 0.6 is 15.9 Å². The molecule has 2 bridgehead atoms. The number of nitrogens with one attached hydrogen (secondary N) is 1. The molecule has 0 radical (unpaired) electrons. The van der Waals surface area contributed by atoms with E-state index in [1.807, 2.05) is 0 Å². The van der Waals surface area contributed by atoms with E-state index < -0.39 is 4.92 Å². The number of nitro groups is 1. The molecular weight excluding hydrogens is 364 g/mol. The molecule has 1 aromatic rings. The molecule has 2 aliphatic carbocycles. The lowest BCUT2D eigenvalue weighted by atomic mass is 9.84. The molecule has 0 spiro atoms. The van der Waals surface area contributed by atoms with Crippen molar-refractivity contribution in [2.45, 2.75) is 52.1 Å². The third-order valence-corrected chi connectivity index (χ3v) is 6.34. The Labute approximate surface area is 143 Å². The van der Waals surface area contributed by atoms with E-state index in [9.17, 15) is 14.9 Å². The van der Waals surface area contributed by atoms with Gasteiger partial charge in [-0.05, 0) is 71.7 Å². The number of hydrogen-bond acceptors (Lipinski definition) is 4. The smallest absolute Gasteiger partial charge is 0.358 e. The zero-order chi connectivity index (χ0) is 16.7. The largest absolute Gasteiger partial charge is 0.404 e. The fraction of sp³-hybridized carbons (Fsp3) is 0.733. The summed E-state index contributed by atoms with van der Waals surface area (Å²) in [5.41, 5.74) is 0.583. The Kier molecular flexibility index (Phi) is 4.44. The van der Waals surface area contributed by atoms with Crippen molar-refractivity contribution < 1.29 is 9.72 Å². The summed E-state index contributed by atoms with van der Waals surface area (Å²) < 4.78 is 1.71. The van der Waals surface area contributed by atoms with Crippen LogP contribution in [0.3, 0.4) is 0 Å². The van der Waals surface area contributed by atoms with E-state index in [-0.39, 0.29) is 24.3 Å². The van der Waals surface area contributed by atoms with Crippen molar-refractivity contribution in [2.24, 2.45) is 17.8 Å². The van der Waals surface area contributed by atoms with E-state index in [4.69, 9.17) is 0 Å². The summed E-state index contributed by atoms with van der Waals surface area (Å²) in [7, 11) is 0. The monoisotopic (exact) mass is 384 g/mol. The summed E-state index contributed by atoms with van der Waals surface area (Å²) in [6.07, 6.45) is 5.14. The van der Waals surface area contributed by atoms with Gasteiger partial charge in [-0.15, -0.1) is 0 Å². The van der Waals surface area contributed by atoms with Gasteiger partial charge in [-0.3, -0.25) is 4.79 Å². The van der Waals surface area contributed by atoms with Crippen LogP contribution in [0, 0.1) is 34.8 Å². The lowest BCUT2D eigenvalue weighted by Crippen LogP contribution is -2.41. The molecule has 8 heteroatoms. The van der Waals surface area contributed by atoms with Gasteiger partial charge in [0.2, 0.25) is 5.91 Å². The first kappa shape index (κ1) is 16.4. The quantitative estimate of drug-likeness (QED) is 0.624. The highest BCUT2D eigenvalue weighted by Gasteiger charge is 2.42. The van der Waals surface area contributed by atoms with Gasteiger partial charge in [0.1, 0.15) is 11.0 Å². The van der Waals surface area contributed by atoms with Gasteiger partial charge in [-0.25, -0.2) is 0 Å². The number of hydrogen-bond donors (Lipinski definition) is 1. The van der Waals surface area contributed by atoms with Crippen LogP contribution in [0.4, 0.5) is 5.82 Å². The topological polar surface area (TPSA) is 90.1 Å². The summed E-state index contributed by atoms with van der Waals surface area (Å²) in [5.74, 6) is 1.76. The van der Waals surface area contributed by atoms with Crippen LogP contribution < -0.4 is 5.32 Å². The zero-order valence-electron chi connectivity index (χ0n) is 13.3. The highest BCUT2D eigenvalue weighted by molar-refractivity contribution is 9.10. The van der Waals surface area contributed by atoms with Gasteiger partial charge in [0.25, 0.3) is 0 Å². The molecule has 0 saturated heterocycles. The molecule has 126 valence electrons. The highest BCUT2D eigenvalue weighted by Crippen LogP contribution is 2.49. The molecule has 0 aromatic carbocycles. The molecule has 7 nitrogen and oxygen atoms in total. The number of nitrogens with zero attached hydrogens (tertiary/aromatic N) is 3. The Hall–Kier alpha value is -1.44. The van der Waals surface area contributed by atoms with Crippen molar-refractivity contribution in [2.75, 3.05) is 0 Å². The highest BCUT2D eigenvalue weighted by atomic mass is 79.9. The molecule has 23 heavy (non-hydrogen) atoms. The van der Waals surface area contributed by atoms with Crippen molar-refractivity contribution in [3.8, 4) is 0 Å². The second kappa shape index (κ2) is 6.22. The summed E-state index contributed by atoms with van der Waals surface area (Å²) in [6.45, 7) is 3.78. The molecule has 1 aromatic heterocycles. The van der Waals surface area contributed by atoms with Crippen LogP contribution in [0.25, 0.3) is 0 Å². The molecular formula is C15H21BrN4O3. The Morgan fingerprint density at radius 2 is 2.26 bits per heavy atom. The molecule has 2 saturated carbocycles. The SMILES string of the molecule is Cc1c(Br)c([N+](=O)[O-])nn1CC(=O)NC(C)C1CC2CCC1C2. The van der Waals surface area contributed by atoms with Gasteiger partial charge in [0.15, 0.2) is 0 Å². The Morgan fingerprint density at radius 1 is 1.52 bits per heavy atom. The second-order valence-corrected chi connectivity index (χ2v) is 7.63. The van der Waals surface area contributed by atoms with E-state index >= 15 is 0 Å². The number of carbonyl (C=O) groups is 1. The molecule has 3 rings (SSSR count). The van der Waals surface area contributed by atoms with Crippen molar-refractivity contribution in [1.29, 1.82) is 0 Å². The van der Waals surface area contributed by atoms with Crippen molar-refractivity contribution in [1.82, 2.24) is 15.1 Å². The van der Waals surface area contributed by atoms with Gasteiger partial charge in [-0.1, -0.05) is 6.42 Å². The molecule has 0 aliphatic heterocycles. The van der Waals surface area contributed by atoms with Crippen LogP contribution in [0.15, 0.2) is 4.47 Å². The van der Waals surface area contributed by atoms with Crippen LogP contribution in [0.2, 0.25) is 0 Å². The van der Waals surface area contributed by atoms with Gasteiger partial charge < -0.3 is 15.4 Å². The normalized spacial score (nSPS) is 27.2. The third-order valence-electron chi connectivity index (χ3n) is 5.41. The summed E-state index contributed by atoms with van der Waals surface area (Å²) in [4.78, 5) is 22.6. The standard InChI is InChI=1S/C15H21BrN4O3/c1-8(12-6-10-3-4-11(12)5-10)17-13(21)7-19-9(2)14(16)15(18-19)20(22)23/h8,10-12H,3-7H2,1-2H3,(H,17,21). The molecule has 4 atom stereocenters. The van der Waals surface area contributed by atoms with Crippen LogP contribution in [0.5, 0.6) is 0 Å². The number of halogens is 1. The van der Waals surface area contributed by atoms with Crippen molar-refractivity contribution in [3.05, 3.63) is 20.3 Å². The Balaban J connectivity index is 1.61. The Bertz CT molecular complexity index is 645. The fourth-order valence-corrected chi connectivity index (χ4v) is 4.66. The Morgan fingerprint density at radius 3 is 2.78 bits per heavy atom. The number of rotatable bonds is 5. The molecule has 1 amide bonds. The summed E-state index contributed by atoms with van der Waals surface area (Å²) in [5, 5.41) is 17.9. The minimum atomic E-state index is -0.552. The molecule has 2 aliphatic rings. The van der Waals surface area contributed by atoms with Gasteiger partial charge >= 0.3 is 5.82 Å². The molecule has 4 unspecified atom stereocenters. The second-order valence-electron chi connectivity index (χ2n) is 6.83. The first-order valence-electron chi connectivity index (χ1n) is 8.03. The van der Waals surface area contributed by atoms with Crippen LogP contribution in [-0.2, 0) is 11.3 Å². The number of aromatic nitrogens is 2. The molecule has 1 heterocycles. The van der Waals surface area contributed by atoms with E-state index in [2.05, 4.69) is 33.3 Å². The van der Waals surface area contributed by atoms with Crippen LogP contribution in [-0.4, -0.2) is 26.7 Å². The number of carbonyl (C=O) groups excluding carboxylic acids is 1. The van der Waals surface area contributed by atoms with Gasteiger partial charge in [-0.2, -0.15) is 4.68 Å². The van der Waals surface area contributed by atoms with Gasteiger partial charge in [0, 0.05) is 6.04 Å². The van der Waals surface area contributed by atoms with E-state index in [0.29, 0.717) is 16.1 Å². The maximum Gasteiger partial charge on any atom is 0.404 e. The number of fused-ring (bicyclic) bond motifs is 2. The third kappa shape index (κ3) is 3.13. The first-order valence-corrected chi connectivity index (χ1v) is 8.82. The maximum atomic E-state index is 12.3. The molecule has 2 fully saturated rings. The predicted octanol–water partition coefficient (Wildman–Crippen LogP) is 2.80. The minimum absolute atomic E-state index is 0.00340. The maximum absolute atomic E-state index is 12.3. The van der Waals surface area contributed by atoms with E-state index in [1.165, 1.54) is 30.4 Å². The summed E-state index contributed by atoms with van der Waals surface area (Å²) >= 11 is 3.16. The summed E-state index contributed by atoms with van der Waals surface area (Å²) in [6, 6.07) is 0.145. The number of amides is 1. The predicted molar refractivity (Wildman–Crippen MR) is 87.9 cm³/mol. The lowest BCUT2D eigenvalue weighted by molar-refractivity contribution is -0.390. The van der Waals surface area contributed by atoms with Crippen molar-refractivity contribution >= 4 is 27.7 Å². The fourth-order valence-electron chi connectivity index (χ4n) is 4.23. The average molecular weight is 385 g/mol. The lowest BCUT2D eigenvalue weighted by Gasteiger charge is -2.28. The van der Waals surface area contributed by atoms with Gasteiger partial charge in [0.05, 0.1) is 10.8 Å². The zero-order valence-corrected chi connectivity index (χ0v) is 14.9. The van der Waals surface area contributed by atoms with E-state index in [0.717, 1.165) is 11.8 Å². The average Bonchev–Trinajstić information content (AvgIpc) is 3.17. The van der Waals surface area contributed by atoms with Crippen LogP contribution in [0.1, 0.15) is 38.3 Å². The minimum Gasteiger partial charge on any atom is -0.358 e. The van der Waals surface area contributed by atoms with E-state index in [1.54, 1.807) is 6.92 Å². The molecule has 1 N–H and O–H groups in total. The van der Waals surface area contributed by atoms with Crippen molar-refractivity contribution in [3.63, 3.8) is 0 Å². The first-order chi connectivity index (χ1) is 10.9.